The molecule has 1 unspecified atom stereocenters. The maximum Gasteiger partial charge on any atom is 0.281 e. The van der Waals surface area contributed by atoms with Crippen LogP contribution in [0.3, 0.4) is 0 Å². The minimum Gasteiger partial charge on any atom is -0.352 e. The van der Waals surface area contributed by atoms with Gasteiger partial charge in [-0.25, -0.2) is 10.1 Å². The first-order valence-electron chi connectivity index (χ1n) is 5.31. The van der Waals surface area contributed by atoms with E-state index in [4.69, 9.17) is 19.1 Å². The second kappa shape index (κ2) is 6.10. The van der Waals surface area contributed by atoms with Crippen molar-refractivity contribution in [2.45, 2.75) is 12.0 Å². The molecule has 0 aromatic rings. The summed E-state index contributed by atoms with van der Waals surface area (Å²) in [4.78, 5) is 33.5. The minimum atomic E-state index is -1.35. The molecule has 18 heavy (non-hydrogen) atoms. The molecule has 1 atom stereocenters. The van der Waals surface area contributed by atoms with Gasteiger partial charge in [-0.15, -0.1) is 0 Å². The Bertz CT molecular complexity index is 315. The molecule has 0 saturated carbocycles. The number of rotatable bonds is 5. The summed E-state index contributed by atoms with van der Waals surface area (Å²) in [5.41, 5.74) is -1.35. The van der Waals surface area contributed by atoms with E-state index in [0.29, 0.717) is 0 Å². The third kappa shape index (κ3) is 2.96. The van der Waals surface area contributed by atoms with E-state index < -0.39 is 11.5 Å². The van der Waals surface area contributed by atoms with Crippen LogP contribution in [0, 0.1) is 0 Å². The van der Waals surface area contributed by atoms with Crippen molar-refractivity contribution >= 4 is 11.8 Å². The van der Waals surface area contributed by atoms with Crippen LogP contribution in [-0.2, 0) is 28.7 Å². The zero-order valence-electron chi connectivity index (χ0n) is 11.0. The Morgan fingerprint density at radius 2 is 1.83 bits per heavy atom. The van der Waals surface area contributed by atoms with Gasteiger partial charge in [-0.2, -0.15) is 0 Å². The molecule has 0 radical (unpaired) electrons. The largest absolute Gasteiger partial charge is 0.352 e. The molecule has 0 aromatic carbocycles. The fourth-order valence-corrected chi connectivity index (χ4v) is 1.53. The molecule has 8 heteroatoms. The second-order valence-electron chi connectivity index (χ2n) is 3.84. The van der Waals surface area contributed by atoms with Crippen LogP contribution in [0.25, 0.3) is 0 Å². The molecule has 1 aliphatic heterocycles. The van der Waals surface area contributed by atoms with Crippen LogP contribution < -0.4 is 0 Å². The Hall–Kier alpha value is -1.22. The SMILES string of the molecule is CON(C)C(=O)CC1(C(=O)N(C)OC)COCO1. The topological polar surface area (TPSA) is 77.5 Å². The van der Waals surface area contributed by atoms with E-state index in [-0.39, 0.29) is 25.7 Å². The van der Waals surface area contributed by atoms with Crippen molar-refractivity contribution in [3.8, 4) is 0 Å². The van der Waals surface area contributed by atoms with Crippen LogP contribution in [-0.4, -0.2) is 69.3 Å². The maximum atomic E-state index is 12.1. The van der Waals surface area contributed by atoms with Crippen LogP contribution in [0.4, 0.5) is 0 Å². The number of hydrogen-bond acceptors (Lipinski definition) is 6. The number of hydrogen-bond donors (Lipinski definition) is 0. The number of amides is 2. The summed E-state index contributed by atoms with van der Waals surface area (Å²) in [7, 11) is 5.61. The summed E-state index contributed by atoms with van der Waals surface area (Å²) in [6.07, 6.45) is -0.177. The number of carbonyl (C=O) groups is 2. The van der Waals surface area contributed by atoms with Gasteiger partial charge < -0.3 is 9.47 Å². The number of hydroxylamine groups is 4. The van der Waals surface area contributed by atoms with Crippen molar-refractivity contribution in [3.63, 3.8) is 0 Å². The van der Waals surface area contributed by atoms with Gasteiger partial charge in [-0.05, 0) is 0 Å². The van der Waals surface area contributed by atoms with E-state index in [1.165, 1.54) is 28.3 Å². The van der Waals surface area contributed by atoms with E-state index in [0.717, 1.165) is 10.1 Å². The van der Waals surface area contributed by atoms with Gasteiger partial charge in [-0.1, -0.05) is 0 Å². The van der Waals surface area contributed by atoms with E-state index in [9.17, 15) is 9.59 Å². The molecule has 104 valence electrons. The Balaban J connectivity index is 2.81. The van der Waals surface area contributed by atoms with E-state index in [2.05, 4.69) is 0 Å². The van der Waals surface area contributed by atoms with Crippen molar-refractivity contribution in [2.75, 3.05) is 41.7 Å². The fourth-order valence-electron chi connectivity index (χ4n) is 1.53. The third-order valence-electron chi connectivity index (χ3n) is 2.77. The Kier molecular flexibility index (Phi) is 5.03. The monoisotopic (exact) mass is 262 g/mol. The molecule has 1 rings (SSSR count). The van der Waals surface area contributed by atoms with Gasteiger partial charge in [-0.3, -0.25) is 19.3 Å². The first-order chi connectivity index (χ1) is 8.46. The van der Waals surface area contributed by atoms with Crippen LogP contribution in [0.1, 0.15) is 6.42 Å². The second-order valence-corrected chi connectivity index (χ2v) is 3.84. The van der Waals surface area contributed by atoms with Crippen molar-refractivity contribution in [1.82, 2.24) is 10.1 Å². The maximum absolute atomic E-state index is 12.1. The Morgan fingerprint density at radius 3 is 2.28 bits per heavy atom. The number of nitrogens with zero attached hydrogens (tertiary/aromatic N) is 2. The molecule has 0 bridgehead atoms. The molecule has 1 saturated heterocycles. The molecule has 0 N–H and O–H groups in total. The highest BCUT2D eigenvalue weighted by molar-refractivity contribution is 5.90. The number of carbonyl (C=O) groups excluding carboxylic acids is 2. The summed E-state index contributed by atoms with van der Waals surface area (Å²) in [6, 6.07) is 0. The van der Waals surface area contributed by atoms with Gasteiger partial charge in [0.05, 0.1) is 27.2 Å². The zero-order chi connectivity index (χ0) is 13.8. The first-order valence-corrected chi connectivity index (χ1v) is 5.31. The molecule has 0 aromatic heterocycles. The summed E-state index contributed by atoms with van der Waals surface area (Å²) in [6.45, 7) is -0.0316. The molecule has 1 heterocycles. The van der Waals surface area contributed by atoms with Crippen molar-refractivity contribution in [2.24, 2.45) is 0 Å². The highest BCUT2D eigenvalue weighted by Crippen LogP contribution is 2.26. The average Bonchev–Trinajstić information content (AvgIpc) is 2.85. The lowest BCUT2D eigenvalue weighted by Crippen LogP contribution is -2.51. The molecular formula is C10H18N2O6. The van der Waals surface area contributed by atoms with Crippen LogP contribution in [0.2, 0.25) is 0 Å². The Morgan fingerprint density at radius 1 is 1.22 bits per heavy atom. The van der Waals surface area contributed by atoms with Crippen LogP contribution in [0.15, 0.2) is 0 Å². The molecule has 8 nitrogen and oxygen atoms in total. The van der Waals surface area contributed by atoms with Gasteiger partial charge in [0, 0.05) is 14.1 Å². The van der Waals surface area contributed by atoms with E-state index >= 15 is 0 Å². The summed E-state index contributed by atoms with van der Waals surface area (Å²) >= 11 is 0. The van der Waals surface area contributed by atoms with Gasteiger partial charge >= 0.3 is 0 Å². The van der Waals surface area contributed by atoms with E-state index in [1.807, 2.05) is 0 Å². The van der Waals surface area contributed by atoms with E-state index in [1.54, 1.807) is 0 Å². The van der Waals surface area contributed by atoms with Crippen LogP contribution in [0.5, 0.6) is 0 Å². The minimum absolute atomic E-state index is 0.00281. The smallest absolute Gasteiger partial charge is 0.281 e. The zero-order valence-corrected chi connectivity index (χ0v) is 11.0. The van der Waals surface area contributed by atoms with Crippen molar-refractivity contribution in [3.05, 3.63) is 0 Å². The normalized spacial score (nSPS) is 22.9. The van der Waals surface area contributed by atoms with Crippen molar-refractivity contribution < 1.29 is 28.7 Å². The predicted molar refractivity (Wildman–Crippen MR) is 58.8 cm³/mol. The third-order valence-corrected chi connectivity index (χ3v) is 2.77. The average molecular weight is 262 g/mol. The van der Waals surface area contributed by atoms with Gasteiger partial charge in [0.15, 0.2) is 5.60 Å². The van der Waals surface area contributed by atoms with Crippen molar-refractivity contribution in [1.29, 1.82) is 0 Å². The molecule has 1 aliphatic rings. The summed E-state index contributed by atoms with van der Waals surface area (Å²) < 4.78 is 10.3. The standard InChI is InChI=1S/C10H18N2O6/c1-11(15-3)8(13)5-10(6-17-7-18-10)9(14)12(2)16-4/h5-7H2,1-4H3. The molecule has 0 spiro atoms. The summed E-state index contributed by atoms with van der Waals surface area (Å²) in [5.74, 6) is -0.860. The summed E-state index contributed by atoms with van der Waals surface area (Å²) in [5, 5.41) is 2.04. The molecule has 1 fully saturated rings. The molecule has 0 aliphatic carbocycles. The molecule has 2 amide bonds. The van der Waals surface area contributed by atoms with Gasteiger partial charge in [0.2, 0.25) is 5.91 Å². The Labute approximate surface area is 105 Å². The highest BCUT2D eigenvalue weighted by Gasteiger charge is 2.48. The predicted octanol–water partition coefficient (Wildman–Crippen LogP) is -0.841. The quantitative estimate of drug-likeness (QED) is 0.601. The van der Waals surface area contributed by atoms with Gasteiger partial charge in [0.25, 0.3) is 5.91 Å². The number of likely N-dealkylation sites (N-methyl/N-ethyl adjacent to an activating group) is 1. The fraction of sp³-hybridized carbons (Fsp3) is 0.800. The highest BCUT2D eigenvalue weighted by atomic mass is 16.7. The van der Waals surface area contributed by atoms with Gasteiger partial charge in [0.1, 0.15) is 6.79 Å². The lowest BCUT2D eigenvalue weighted by atomic mass is 9.99. The lowest BCUT2D eigenvalue weighted by Gasteiger charge is -2.29. The lowest BCUT2D eigenvalue weighted by molar-refractivity contribution is -0.195. The number of ether oxygens (including phenoxy) is 2. The van der Waals surface area contributed by atoms with Crippen LogP contribution >= 0.6 is 0 Å². The first kappa shape index (κ1) is 14.8. The molecular weight excluding hydrogens is 244 g/mol.